The summed E-state index contributed by atoms with van der Waals surface area (Å²) in [6, 6.07) is 12.6. The SMILES string of the molecule is CCNC(=NCc1ccccc1CO)NCc1ccc(F)cc1CSC.I. The van der Waals surface area contributed by atoms with Gasteiger partial charge in [-0.05, 0) is 47.6 Å². The molecule has 0 heterocycles. The third kappa shape index (κ3) is 7.67. The molecule has 0 spiro atoms. The maximum atomic E-state index is 13.5. The molecule has 0 saturated heterocycles. The van der Waals surface area contributed by atoms with Crippen LogP contribution in [0.15, 0.2) is 47.5 Å². The zero-order valence-electron chi connectivity index (χ0n) is 15.7. The second kappa shape index (κ2) is 13.0. The third-order valence-electron chi connectivity index (χ3n) is 3.95. The van der Waals surface area contributed by atoms with E-state index in [0.717, 1.165) is 34.6 Å². The van der Waals surface area contributed by atoms with Crippen LogP contribution in [0.2, 0.25) is 0 Å². The van der Waals surface area contributed by atoms with Crippen molar-refractivity contribution in [2.24, 2.45) is 4.99 Å². The van der Waals surface area contributed by atoms with Crippen LogP contribution < -0.4 is 10.6 Å². The van der Waals surface area contributed by atoms with E-state index in [2.05, 4.69) is 15.6 Å². The van der Waals surface area contributed by atoms with E-state index in [1.54, 1.807) is 17.8 Å². The summed E-state index contributed by atoms with van der Waals surface area (Å²) in [4.78, 5) is 4.60. The number of nitrogens with zero attached hydrogens (tertiary/aromatic N) is 1. The predicted molar refractivity (Wildman–Crippen MR) is 123 cm³/mol. The molecule has 0 fully saturated rings. The van der Waals surface area contributed by atoms with E-state index >= 15 is 0 Å². The van der Waals surface area contributed by atoms with Gasteiger partial charge in [-0.25, -0.2) is 9.38 Å². The normalized spacial score (nSPS) is 11.0. The molecule has 0 aliphatic heterocycles. The average molecular weight is 503 g/mol. The van der Waals surface area contributed by atoms with Gasteiger partial charge in [-0.15, -0.1) is 24.0 Å². The largest absolute Gasteiger partial charge is 0.392 e. The molecule has 4 nitrogen and oxygen atoms in total. The van der Waals surface area contributed by atoms with Gasteiger partial charge in [0.25, 0.3) is 0 Å². The van der Waals surface area contributed by atoms with Crippen LogP contribution in [-0.2, 0) is 25.4 Å². The standard InChI is InChI=1S/C20H26FN3OS.HI/c1-3-22-20(23-11-15-6-4-5-7-17(15)13-25)24-12-16-8-9-19(21)10-18(16)14-26-2;/h4-10,25H,3,11-14H2,1-2H3,(H2,22,23,24);1H. The molecule has 0 atom stereocenters. The molecule has 0 amide bonds. The van der Waals surface area contributed by atoms with Gasteiger partial charge in [-0.2, -0.15) is 11.8 Å². The Morgan fingerprint density at radius 1 is 1.07 bits per heavy atom. The molecule has 0 aromatic heterocycles. The van der Waals surface area contributed by atoms with E-state index in [1.165, 1.54) is 6.07 Å². The van der Waals surface area contributed by atoms with Gasteiger partial charge < -0.3 is 15.7 Å². The van der Waals surface area contributed by atoms with Crippen LogP contribution in [0.3, 0.4) is 0 Å². The Kier molecular flexibility index (Phi) is 11.4. The van der Waals surface area contributed by atoms with Gasteiger partial charge in [0.05, 0.1) is 13.2 Å². The zero-order valence-corrected chi connectivity index (χ0v) is 18.8. The van der Waals surface area contributed by atoms with Crippen molar-refractivity contribution in [3.63, 3.8) is 0 Å². The molecule has 0 bridgehead atoms. The Morgan fingerprint density at radius 3 is 2.48 bits per heavy atom. The number of aliphatic hydroxyl groups excluding tert-OH is 1. The molecule has 27 heavy (non-hydrogen) atoms. The van der Waals surface area contributed by atoms with Gasteiger partial charge in [0.1, 0.15) is 5.82 Å². The first-order valence-electron chi connectivity index (χ1n) is 8.64. The van der Waals surface area contributed by atoms with Crippen LogP contribution in [0.25, 0.3) is 0 Å². The number of nitrogens with one attached hydrogen (secondary N) is 2. The second-order valence-electron chi connectivity index (χ2n) is 5.82. The molecule has 3 N–H and O–H groups in total. The predicted octanol–water partition coefficient (Wildman–Crippen LogP) is 4.05. The zero-order chi connectivity index (χ0) is 18.8. The first-order valence-corrected chi connectivity index (χ1v) is 10.0. The number of aliphatic hydroxyl groups is 1. The lowest BCUT2D eigenvalue weighted by atomic mass is 10.1. The van der Waals surface area contributed by atoms with Gasteiger partial charge in [0.15, 0.2) is 5.96 Å². The Bertz CT molecular complexity index is 743. The number of hydrogen-bond acceptors (Lipinski definition) is 3. The maximum absolute atomic E-state index is 13.5. The molecule has 0 unspecified atom stereocenters. The van der Waals surface area contributed by atoms with Crippen molar-refractivity contribution in [1.82, 2.24) is 10.6 Å². The molecular formula is C20H27FIN3OS. The molecule has 0 aliphatic rings. The van der Waals surface area contributed by atoms with E-state index in [0.29, 0.717) is 19.0 Å². The topological polar surface area (TPSA) is 56.7 Å². The summed E-state index contributed by atoms with van der Waals surface area (Å²) in [5.41, 5.74) is 3.93. The minimum atomic E-state index is -0.209. The fourth-order valence-corrected chi connectivity index (χ4v) is 3.19. The summed E-state index contributed by atoms with van der Waals surface area (Å²) >= 11 is 1.67. The molecule has 7 heteroatoms. The molecule has 0 saturated carbocycles. The summed E-state index contributed by atoms with van der Waals surface area (Å²) in [7, 11) is 0. The van der Waals surface area contributed by atoms with Gasteiger partial charge >= 0.3 is 0 Å². The van der Waals surface area contributed by atoms with Crippen LogP contribution in [-0.4, -0.2) is 23.9 Å². The van der Waals surface area contributed by atoms with Crippen molar-refractivity contribution in [1.29, 1.82) is 0 Å². The molecule has 0 aliphatic carbocycles. The number of thioether (sulfide) groups is 1. The van der Waals surface area contributed by atoms with Crippen molar-refractivity contribution in [3.05, 3.63) is 70.5 Å². The Hall–Kier alpha value is -1.32. The summed E-state index contributed by atoms with van der Waals surface area (Å²) in [5, 5.41) is 16.0. The van der Waals surface area contributed by atoms with Crippen molar-refractivity contribution >= 4 is 41.7 Å². The summed E-state index contributed by atoms with van der Waals surface area (Å²) < 4.78 is 13.5. The molecule has 2 rings (SSSR count). The number of halogens is 2. The van der Waals surface area contributed by atoms with Gasteiger partial charge in [-0.1, -0.05) is 30.3 Å². The van der Waals surface area contributed by atoms with Gasteiger partial charge in [-0.3, -0.25) is 0 Å². The summed E-state index contributed by atoms with van der Waals surface area (Å²) in [6.45, 7) is 3.81. The molecule has 0 radical (unpaired) electrons. The van der Waals surface area contributed by atoms with E-state index in [1.807, 2.05) is 43.5 Å². The summed E-state index contributed by atoms with van der Waals surface area (Å²) in [5.74, 6) is 1.26. The monoisotopic (exact) mass is 503 g/mol. The van der Waals surface area contributed by atoms with Gasteiger partial charge in [0, 0.05) is 18.8 Å². The molecular weight excluding hydrogens is 476 g/mol. The maximum Gasteiger partial charge on any atom is 0.191 e. The fraction of sp³-hybridized carbons (Fsp3) is 0.350. The highest BCUT2D eigenvalue weighted by Crippen LogP contribution is 2.16. The van der Waals surface area contributed by atoms with Crippen LogP contribution in [0.4, 0.5) is 4.39 Å². The minimum Gasteiger partial charge on any atom is -0.392 e. The van der Waals surface area contributed by atoms with E-state index < -0.39 is 0 Å². The first kappa shape index (κ1) is 23.7. The van der Waals surface area contributed by atoms with Crippen molar-refractivity contribution in [3.8, 4) is 0 Å². The minimum absolute atomic E-state index is 0. The fourth-order valence-electron chi connectivity index (χ4n) is 2.61. The molecule has 148 valence electrons. The lowest BCUT2D eigenvalue weighted by Crippen LogP contribution is -2.37. The van der Waals surface area contributed by atoms with Crippen molar-refractivity contribution in [2.45, 2.75) is 32.4 Å². The third-order valence-corrected chi connectivity index (χ3v) is 4.55. The van der Waals surface area contributed by atoms with Crippen LogP contribution >= 0.6 is 35.7 Å². The first-order chi connectivity index (χ1) is 12.7. The number of hydrogen-bond donors (Lipinski definition) is 3. The number of benzene rings is 2. The second-order valence-corrected chi connectivity index (χ2v) is 6.69. The molecule has 2 aromatic carbocycles. The van der Waals surface area contributed by atoms with Crippen LogP contribution in [0, 0.1) is 5.82 Å². The number of aliphatic imine (C=N–C) groups is 1. The average Bonchev–Trinajstić information content (AvgIpc) is 2.65. The van der Waals surface area contributed by atoms with Crippen LogP contribution in [0.5, 0.6) is 0 Å². The highest BCUT2D eigenvalue weighted by molar-refractivity contribution is 14.0. The van der Waals surface area contributed by atoms with Gasteiger partial charge in [0.2, 0.25) is 0 Å². The quantitative estimate of drug-likeness (QED) is 0.289. The lowest BCUT2D eigenvalue weighted by molar-refractivity contribution is 0.280. The van der Waals surface area contributed by atoms with Crippen molar-refractivity contribution in [2.75, 3.05) is 12.8 Å². The lowest BCUT2D eigenvalue weighted by Gasteiger charge is -2.14. The Morgan fingerprint density at radius 2 is 1.81 bits per heavy atom. The van der Waals surface area contributed by atoms with E-state index in [4.69, 9.17) is 0 Å². The van der Waals surface area contributed by atoms with E-state index in [9.17, 15) is 9.50 Å². The highest BCUT2D eigenvalue weighted by atomic mass is 127. The van der Waals surface area contributed by atoms with Crippen LogP contribution in [0.1, 0.15) is 29.2 Å². The van der Waals surface area contributed by atoms with Crippen molar-refractivity contribution < 1.29 is 9.50 Å². The Labute approximate surface area is 182 Å². The number of rotatable bonds is 8. The number of guanidine groups is 1. The Balaban J connectivity index is 0.00000364. The molecule has 2 aromatic rings. The smallest absolute Gasteiger partial charge is 0.191 e. The summed E-state index contributed by atoms with van der Waals surface area (Å²) in [6.07, 6.45) is 2.01. The highest BCUT2D eigenvalue weighted by Gasteiger charge is 2.06. The van der Waals surface area contributed by atoms with E-state index in [-0.39, 0.29) is 36.4 Å².